The zero-order valence-corrected chi connectivity index (χ0v) is 14.1. The average Bonchev–Trinajstić information content (AvgIpc) is 3.12. The molecule has 0 saturated carbocycles. The zero-order chi connectivity index (χ0) is 18.4. The van der Waals surface area contributed by atoms with Crippen molar-refractivity contribution in [2.24, 2.45) is 4.99 Å². The molecule has 4 heteroatoms. The molecule has 2 heterocycles. The Bertz CT molecular complexity index is 887. The van der Waals surface area contributed by atoms with Crippen LogP contribution in [-0.2, 0) is 0 Å². The number of nitrogens with one attached hydrogen (secondary N) is 1. The molecule has 0 bridgehead atoms. The molecule has 25 heavy (non-hydrogen) atoms. The summed E-state index contributed by atoms with van der Waals surface area (Å²) < 4.78 is 0. The van der Waals surface area contributed by atoms with Crippen LogP contribution in [-0.4, -0.2) is 21.7 Å². The van der Waals surface area contributed by atoms with Gasteiger partial charge in [0.05, 0.1) is 22.5 Å². The van der Waals surface area contributed by atoms with E-state index in [1.54, 1.807) is 42.5 Å². The molecule has 0 saturated heterocycles. The SMILES string of the molecule is C=C/C=C\C(=C/C=C)c1[nH]c(O)c2c1C(=O)N=C2/C(C=C)=C/C=C\C. The summed E-state index contributed by atoms with van der Waals surface area (Å²) in [5.41, 5.74) is 2.96. The Labute approximate surface area is 147 Å². The Morgan fingerprint density at radius 2 is 1.84 bits per heavy atom. The number of amides is 1. The number of H-pyrrole nitrogens is 1. The van der Waals surface area contributed by atoms with Gasteiger partial charge in [-0.3, -0.25) is 4.79 Å². The third-order valence-electron chi connectivity index (χ3n) is 3.60. The molecule has 0 atom stereocenters. The first-order valence-corrected chi connectivity index (χ1v) is 7.75. The number of aromatic amines is 1. The summed E-state index contributed by atoms with van der Waals surface area (Å²) >= 11 is 0. The highest BCUT2D eigenvalue weighted by atomic mass is 16.3. The number of carbonyl (C=O) groups excluding carboxylic acids is 1. The number of aliphatic imine (C=N–C) groups is 1. The number of carbonyl (C=O) groups is 1. The fourth-order valence-electron chi connectivity index (χ4n) is 2.53. The summed E-state index contributed by atoms with van der Waals surface area (Å²) in [6.07, 6.45) is 15.6. The Balaban J connectivity index is 2.66. The second-order valence-corrected chi connectivity index (χ2v) is 5.17. The van der Waals surface area contributed by atoms with Crippen molar-refractivity contribution in [3.05, 3.63) is 96.8 Å². The van der Waals surface area contributed by atoms with Crippen LogP contribution in [0.1, 0.15) is 28.5 Å². The second-order valence-electron chi connectivity index (χ2n) is 5.17. The van der Waals surface area contributed by atoms with Crippen molar-refractivity contribution in [2.75, 3.05) is 0 Å². The van der Waals surface area contributed by atoms with Crippen molar-refractivity contribution in [3.63, 3.8) is 0 Å². The van der Waals surface area contributed by atoms with Crippen LogP contribution in [0, 0.1) is 0 Å². The van der Waals surface area contributed by atoms with E-state index in [9.17, 15) is 9.90 Å². The number of hydrogen-bond donors (Lipinski definition) is 2. The molecule has 126 valence electrons. The summed E-state index contributed by atoms with van der Waals surface area (Å²) in [5.74, 6) is -0.517. The van der Waals surface area contributed by atoms with Crippen LogP contribution < -0.4 is 0 Å². The number of hydrogen-bond acceptors (Lipinski definition) is 2. The number of allylic oxidation sites excluding steroid dienone is 11. The molecule has 0 unspecified atom stereocenters. The van der Waals surface area contributed by atoms with E-state index in [1.807, 2.05) is 19.1 Å². The van der Waals surface area contributed by atoms with Gasteiger partial charge < -0.3 is 10.1 Å². The van der Waals surface area contributed by atoms with Gasteiger partial charge >= 0.3 is 0 Å². The number of nitrogens with zero attached hydrogens (tertiary/aromatic N) is 1. The molecule has 1 aromatic heterocycles. The molecule has 0 fully saturated rings. The smallest absolute Gasteiger partial charge is 0.280 e. The lowest BCUT2D eigenvalue weighted by atomic mass is 9.99. The lowest BCUT2D eigenvalue weighted by molar-refractivity contribution is 0.101. The summed E-state index contributed by atoms with van der Waals surface area (Å²) in [6, 6.07) is 0. The Morgan fingerprint density at radius 3 is 2.44 bits per heavy atom. The minimum absolute atomic E-state index is 0.107. The largest absolute Gasteiger partial charge is 0.494 e. The van der Waals surface area contributed by atoms with Crippen molar-refractivity contribution < 1.29 is 9.90 Å². The van der Waals surface area contributed by atoms with E-state index in [2.05, 4.69) is 29.7 Å². The maximum atomic E-state index is 12.5. The van der Waals surface area contributed by atoms with E-state index in [-0.39, 0.29) is 5.88 Å². The number of aromatic hydroxyl groups is 1. The molecule has 1 aliphatic heterocycles. The highest BCUT2D eigenvalue weighted by Crippen LogP contribution is 2.36. The van der Waals surface area contributed by atoms with Gasteiger partial charge in [0.2, 0.25) is 0 Å². The van der Waals surface area contributed by atoms with Crippen LogP contribution in [0.5, 0.6) is 5.88 Å². The van der Waals surface area contributed by atoms with Gasteiger partial charge in [0.15, 0.2) is 5.88 Å². The van der Waals surface area contributed by atoms with E-state index in [0.29, 0.717) is 33.7 Å². The van der Waals surface area contributed by atoms with Gasteiger partial charge in [0, 0.05) is 5.57 Å². The van der Waals surface area contributed by atoms with Crippen LogP contribution in [0.25, 0.3) is 5.57 Å². The highest BCUT2D eigenvalue weighted by molar-refractivity contribution is 6.30. The summed E-state index contributed by atoms with van der Waals surface area (Å²) in [6.45, 7) is 13.0. The van der Waals surface area contributed by atoms with Crippen LogP contribution >= 0.6 is 0 Å². The molecular weight excluding hydrogens is 312 g/mol. The molecule has 1 aliphatic rings. The molecule has 1 amide bonds. The van der Waals surface area contributed by atoms with E-state index in [4.69, 9.17) is 0 Å². The Morgan fingerprint density at radius 1 is 1.08 bits per heavy atom. The average molecular weight is 332 g/mol. The fraction of sp³-hybridized carbons (Fsp3) is 0.0476. The number of aromatic nitrogens is 1. The molecule has 0 aliphatic carbocycles. The molecular formula is C21H20N2O2. The summed E-state index contributed by atoms with van der Waals surface area (Å²) in [7, 11) is 0. The molecule has 4 nitrogen and oxygen atoms in total. The lowest BCUT2D eigenvalue weighted by Gasteiger charge is -2.01. The number of fused-ring (bicyclic) bond motifs is 1. The van der Waals surface area contributed by atoms with Gasteiger partial charge in [-0.25, -0.2) is 4.99 Å². The zero-order valence-electron chi connectivity index (χ0n) is 14.1. The van der Waals surface area contributed by atoms with Crippen LogP contribution in [0.15, 0.2) is 85.0 Å². The lowest BCUT2D eigenvalue weighted by Crippen LogP contribution is -1.99. The first kappa shape index (κ1) is 17.9. The third-order valence-corrected chi connectivity index (χ3v) is 3.60. The predicted molar refractivity (Wildman–Crippen MR) is 104 cm³/mol. The quantitative estimate of drug-likeness (QED) is 0.713. The van der Waals surface area contributed by atoms with Crippen LogP contribution in [0.3, 0.4) is 0 Å². The minimum atomic E-state index is -0.410. The highest BCUT2D eigenvalue weighted by Gasteiger charge is 2.33. The number of rotatable bonds is 7. The van der Waals surface area contributed by atoms with Crippen molar-refractivity contribution in [3.8, 4) is 5.88 Å². The second kappa shape index (κ2) is 7.93. The van der Waals surface area contributed by atoms with E-state index in [1.165, 1.54) is 0 Å². The minimum Gasteiger partial charge on any atom is -0.494 e. The maximum absolute atomic E-state index is 12.5. The van der Waals surface area contributed by atoms with Gasteiger partial charge in [0.1, 0.15) is 0 Å². The van der Waals surface area contributed by atoms with Gasteiger partial charge in [0.25, 0.3) is 5.91 Å². The first-order chi connectivity index (χ1) is 12.1. The molecule has 0 radical (unpaired) electrons. The predicted octanol–water partition coefficient (Wildman–Crippen LogP) is 4.66. The van der Waals surface area contributed by atoms with Gasteiger partial charge in [-0.1, -0.05) is 74.4 Å². The van der Waals surface area contributed by atoms with Crippen LogP contribution in [0.4, 0.5) is 0 Å². The van der Waals surface area contributed by atoms with E-state index >= 15 is 0 Å². The maximum Gasteiger partial charge on any atom is 0.280 e. The molecule has 0 aromatic carbocycles. The fourth-order valence-corrected chi connectivity index (χ4v) is 2.53. The third kappa shape index (κ3) is 3.43. The Kier molecular flexibility index (Phi) is 5.69. The summed E-state index contributed by atoms with van der Waals surface area (Å²) in [4.78, 5) is 19.5. The first-order valence-electron chi connectivity index (χ1n) is 7.75. The van der Waals surface area contributed by atoms with Crippen molar-refractivity contribution in [1.29, 1.82) is 0 Å². The van der Waals surface area contributed by atoms with Gasteiger partial charge in [-0.15, -0.1) is 0 Å². The molecule has 2 rings (SSSR count). The van der Waals surface area contributed by atoms with Crippen LogP contribution in [0.2, 0.25) is 0 Å². The van der Waals surface area contributed by atoms with Gasteiger partial charge in [-0.05, 0) is 12.5 Å². The molecule has 2 N–H and O–H groups in total. The summed E-state index contributed by atoms with van der Waals surface area (Å²) in [5, 5.41) is 10.4. The van der Waals surface area contributed by atoms with Crippen molar-refractivity contribution >= 4 is 17.2 Å². The van der Waals surface area contributed by atoms with E-state index < -0.39 is 5.91 Å². The standard InChI is InChI=1S/C21H20N2O2/c1-5-9-12-14(8-4)18-16-17(21(25)22-18)19(23-20(16)24)15(11-7-3)13-10-6-2/h5-13,23-24H,2-4H2,1H3/b9-5-,13-10-,14-12+,15-11+. The van der Waals surface area contributed by atoms with Gasteiger partial charge in [-0.2, -0.15) is 0 Å². The topological polar surface area (TPSA) is 65.4 Å². The monoisotopic (exact) mass is 332 g/mol. The van der Waals surface area contributed by atoms with Crippen molar-refractivity contribution in [2.45, 2.75) is 6.92 Å². The normalized spacial score (nSPS) is 14.9. The van der Waals surface area contributed by atoms with E-state index in [0.717, 1.165) is 0 Å². The van der Waals surface area contributed by atoms with Crippen molar-refractivity contribution in [1.82, 2.24) is 4.98 Å². The Hall–Kier alpha value is -3.40. The molecule has 0 spiro atoms. The molecule has 1 aromatic rings.